The van der Waals surface area contributed by atoms with Gasteiger partial charge in [0.25, 0.3) is 0 Å². The molecule has 1 unspecified atom stereocenters. The summed E-state index contributed by atoms with van der Waals surface area (Å²) in [5, 5.41) is 3.70. The Kier molecular flexibility index (Phi) is 4.74. The van der Waals surface area contributed by atoms with Crippen LogP contribution in [0, 0.1) is 0 Å². The minimum Gasteiger partial charge on any atom is -0.308 e. The highest BCUT2D eigenvalue weighted by atomic mass is 19.1. The van der Waals surface area contributed by atoms with Gasteiger partial charge in [-0.1, -0.05) is 20.8 Å². The Hall–Kier alpha value is -0.150. The summed E-state index contributed by atoms with van der Waals surface area (Å²) in [5.41, 5.74) is 0.323. The van der Waals surface area contributed by atoms with Crippen LogP contribution in [0.4, 0.5) is 4.39 Å². The highest BCUT2D eigenvalue weighted by molar-refractivity contribution is 5.02. The molecule has 0 aromatic heterocycles. The summed E-state index contributed by atoms with van der Waals surface area (Å²) >= 11 is 0. The fourth-order valence-corrected chi connectivity index (χ4v) is 2.63. The minimum atomic E-state index is -0.237. The van der Waals surface area contributed by atoms with Crippen molar-refractivity contribution in [3.63, 3.8) is 0 Å². The number of piperazine rings is 1. The quantitative estimate of drug-likeness (QED) is 0.781. The van der Waals surface area contributed by atoms with E-state index >= 15 is 0 Å². The Labute approximate surface area is 99.6 Å². The predicted octanol–water partition coefficient (Wildman–Crippen LogP) is 2.59. The Morgan fingerprint density at radius 3 is 2.25 bits per heavy atom. The molecule has 1 aliphatic rings. The predicted molar refractivity (Wildman–Crippen MR) is 67.6 cm³/mol. The van der Waals surface area contributed by atoms with Gasteiger partial charge in [0.05, 0.1) is 0 Å². The van der Waals surface area contributed by atoms with Gasteiger partial charge in [-0.25, -0.2) is 4.39 Å². The third-order valence-electron chi connectivity index (χ3n) is 4.57. The van der Waals surface area contributed by atoms with Crippen molar-refractivity contribution < 1.29 is 4.39 Å². The molecule has 16 heavy (non-hydrogen) atoms. The van der Waals surface area contributed by atoms with Crippen LogP contribution in [0.2, 0.25) is 0 Å². The van der Waals surface area contributed by atoms with Gasteiger partial charge in [0.1, 0.15) is 6.67 Å². The molecule has 2 nitrogen and oxygen atoms in total. The molecule has 0 spiro atoms. The van der Waals surface area contributed by atoms with Crippen LogP contribution in [0.3, 0.4) is 0 Å². The molecule has 0 aromatic carbocycles. The first-order valence-electron chi connectivity index (χ1n) is 6.62. The summed E-state index contributed by atoms with van der Waals surface area (Å²) < 4.78 is 12.7. The number of nitrogens with one attached hydrogen (secondary N) is 1. The summed E-state index contributed by atoms with van der Waals surface area (Å²) in [6.45, 7) is 11.2. The maximum Gasteiger partial charge on any atom is 0.102 e. The molecule has 1 rings (SSSR count). The van der Waals surface area contributed by atoms with Crippen molar-refractivity contribution in [2.24, 2.45) is 0 Å². The molecular weight excluding hydrogens is 203 g/mol. The van der Waals surface area contributed by atoms with Gasteiger partial charge in [-0.3, -0.25) is 4.90 Å². The molecule has 1 N–H and O–H groups in total. The van der Waals surface area contributed by atoms with Crippen molar-refractivity contribution in [1.82, 2.24) is 10.2 Å². The van der Waals surface area contributed by atoms with Gasteiger partial charge >= 0.3 is 0 Å². The van der Waals surface area contributed by atoms with Crippen LogP contribution in [-0.4, -0.2) is 42.3 Å². The molecule has 1 heterocycles. The van der Waals surface area contributed by atoms with Crippen LogP contribution in [0.25, 0.3) is 0 Å². The number of rotatable bonds is 5. The average Bonchev–Trinajstić information content (AvgIpc) is 2.33. The molecule has 1 saturated heterocycles. The minimum absolute atomic E-state index is 0.125. The first-order chi connectivity index (χ1) is 7.55. The van der Waals surface area contributed by atoms with Crippen molar-refractivity contribution in [2.45, 2.75) is 58.0 Å². The largest absolute Gasteiger partial charge is 0.308 e. The number of alkyl halides is 1. The van der Waals surface area contributed by atoms with Crippen molar-refractivity contribution in [2.75, 3.05) is 26.3 Å². The van der Waals surface area contributed by atoms with Crippen molar-refractivity contribution in [3.8, 4) is 0 Å². The molecular formula is C13H27FN2. The summed E-state index contributed by atoms with van der Waals surface area (Å²) in [7, 11) is 0. The lowest BCUT2D eigenvalue weighted by Crippen LogP contribution is -2.68. The molecule has 0 bridgehead atoms. The number of hydrogen-bond donors (Lipinski definition) is 1. The van der Waals surface area contributed by atoms with E-state index in [9.17, 15) is 4.39 Å². The van der Waals surface area contributed by atoms with E-state index in [2.05, 4.69) is 37.9 Å². The van der Waals surface area contributed by atoms with Crippen LogP contribution < -0.4 is 5.32 Å². The number of nitrogens with zero attached hydrogens (tertiary/aromatic N) is 1. The third-order valence-corrected chi connectivity index (χ3v) is 4.57. The first-order valence-corrected chi connectivity index (χ1v) is 6.62. The van der Waals surface area contributed by atoms with Gasteiger partial charge in [-0.15, -0.1) is 0 Å². The maximum absolute atomic E-state index is 12.7. The normalized spacial score (nSPS) is 30.6. The van der Waals surface area contributed by atoms with Crippen LogP contribution in [0.5, 0.6) is 0 Å². The van der Waals surface area contributed by atoms with E-state index in [1.54, 1.807) is 0 Å². The van der Waals surface area contributed by atoms with Crippen molar-refractivity contribution >= 4 is 0 Å². The lowest BCUT2D eigenvalue weighted by molar-refractivity contribution is 0.00558. The SMILES string of the molecule is CCC1(CC)CN(CCF)C(C)(CC)CN1. The number of hydrogen-bond acceptors (Lipinski definition) is 2. The summed E-state index contributed by atoms with van der Waals surface area (Å²) in [6, 6.07) is 0. The third kappa shape index (κ3) is 2.57. The Morgan fingerprint density at radius 1 is 1.19 bits per heavy atom. The van der Waals surface area contributed by atoms with E-state index in [-0.39, 0.29) is 17.8 Å². The maximum atomic E-state index is 12.7. The zero-order valence-corrected chi connectivity index (χ0v) is 11.3. The van der Waals surface area contributed by atoms with Crippen molar-refractivity contribution in [1.29, 1.82) is 0 Å². The van der Waals surface area contributed by atoms with Gasteiger partial charge in [-0.2, -0.15) is 0 Å². The van der Waals surface area contributed by atoms with Crippen LogP contribution in [0.1, 0.15) is 47.0 Å². The lowest BCUT2D eigenvalue weighted by atomic mass is 9.83. The van der Waals surface area contributed by atoms with E-state index < -0.39 is 0 Å². The second kappa shape index (κ2) is 5.46. The summed E-state index contributed by atoms with van der Waals surface area (Å²) in [5.74, 6) is 0. The molecule has 0 saturated carbocycles. The molecule has 0 aliphatic carbocycles. The second-order valence-electron chi connectivity index (χ2n) is 5.30. The Morgan fingerprint density at radius 2 is 1.81 bits per heavy atom. The van der Waals surface area contributed by atoms with E-state index in [4.69, 9.17) is 0 Å². The van der Waals surface area contributed by atoms with Crippen molar-refractivity contribution in [3.05, 3.63) is 0 Å². The topological polar surface area (TPSA) is 15.3 Å². The summed E-state index contributed by atoms with van der Waals surface area (Å²) in [4.78, 5) is 2.34. The average molecular weight is 230 g/mol. The van der Waals surface area contributed by atoms with Gasteiger partial charge in [0.2, 0.25) is 0 Å². The zero-order valence-electron chi connectivity index (χ0n) is 11.3. The molecule has 1 aliphatic heterocycles. The highest BCUT2D eigenvalue weighted by Gasteiger charge is 2.41. The highest BCUT2D eigenvalue weighted by Crippen LogP contribution is 2.29. The second-order valence-corrected chi connectivity index (χ2v) is 5.30. The monoisotopic (exact) mass is 230 g/mol. The fourth-order valence-electron chi connectivity index (χ4n) is 2.63. The molecule has 0 radical (unpaired) electrons. The molecule has 1 atom stereocenters. The van der Waals surface area contributed by atoms with Crippen LogP contribution >= 0.6 is 0 Å². The molecule has 0 aromatic rings. The fraction of sp³-hybridized carbons (Fsp3) is 1.00. The Bertz CT molecular complexity index is 213. The first kappa shape index (κ1) is 13.9. The van der Waals surface area contributed by atoms with Gasteiger partial charge in [0.15, 0.2) is 0 Å². The van der Waals surface area contributed by atoms with Gasteiger partial charge in [-0.05, 0) is 26.2 Å². The van der Waals surface area contributed by atoms with Crippen LogP contribution in [0.15, 0.2) is 0 Å². The smallest absolute Gasteiger partial charge is 0.102 e. The van der Waals surface area contributed by atoms with Crippen LogP contribution in [-0.2, 0) is 0 Å². The molecule has 0 amide bonds. The standard InChI is InChI=1S/C13H27FN2/c1-5-12(4)10-15-13(6-2,7-3)11-16(12)9-8-14/h15H,5-11H2,1-4H3. The lowest BCUT2D eigenvalue weighted by Gasteiger charge is -2.53. The zero-order chi connectivity index (χ0) is 12.2. The molecule has 1 fully saturated rings. The number of halogens is 1. The van der Waals surface area contributed by atoms with E-state index in [0.29, 0.717) is 6.54 Å². The summed E-state index contributed by atoms with van der Waals surface area (Å²) in [6.07, 6.45) is 3.31. The van der Waals surface area contributed by atoms with E-state index in [0.717, 1.165) is 32.4 Å². The molecule has 96 valence electrons. The Balaban J connectivity index is 2.79. The van der Waals surface area contributed by atoms with E-state index in [1.165, 1.54) is 0 Å². The van der Waals surface area contributed by atoms with Gasteiger partial charge in [0, 0.05) is 30.7 Å². The molecule has 3 heteroatoms. The van der Waals surface area contributed by atoms with Gasteiger partial charge < -0.3 is 5.32 Å². The van der Waals surface area contributed by atoms with E-state index in [1.807, 2.05) is 0 Å².